The first-order chi connectivity index (χ1) is 16.5. The van der Waals surface area contributed by atoms with Crippen LogP contribution in [0.4, 0.5) is 4.79 Å². The number of alkyl carbamates (subject to hydrolysis) is 1. The van der Waals surface area contributed by atoms with Crippen molar-refractivity contribution in [2.24, 2.45) is 7.05 Å². The predicted octanol–water partition coefficient (Wildman–Crippen LogP) is 3.05. The molecule has 0 bridgehead atoms. The largest absolute Gasteiger partial charge is 0.478 e. The van der Waals surface area contributed by atoms with Gasteiger partial charge in [-0.15, -0.1) is 0 Å². The van der Waals surface area contributed by atoms with E-state index in [0.29, 0.717) is 12.1 Å². The molecule has 0 aliphatic heterocycles. The first-order valence-corrected chi connectivity index (χ1v) is 11.1. The molecule has 0 atom stereocenters. The van der Waals surface area contributed by atoms with Crippen molar-refractivity contribution < 1.29 is 24.2 Å². The molecule has 0 unspecified atom stereocenters. The summed E-state index contributed by atoms with van der Waals surface area (Å²) in [5.74, 6) is -1.34. The molecule has 2 amide bonds. The van der Waals surface area contributed by atoms with E-state index in [0.717, 1.165) is 11.1 Å². The summed E-state index contributed by atoms with van der Waals surface area (Å²) in [7, 11) is 1.62. The molecule has 0 radical (unpaired) electrons. The van der Waals surface area contributed by atoms with Crippen molar-refractivity contribution in [2.75, 3.05) is 13.2 Å². The third-order valence-electron chi connectivity index (χ3n) is 5.94. The first kappa shape index (κ1) is 23.0. The molecule has 1 aromatic heterocycles. The highest BCUT2D eigenvalue weighted by Crippen LogP contribution is 2.44. The number of amides is 2. The molecular weight excluding hydrogens is 436 g/mol. The number of hydrogen-bond acceptors (Lipinski definition) is 5. The van der Waals surface area contributed by atoms with Gasteiger partial charge in [0, 0.05) is 25.9 Å². The maximum Gasteiger partial charge on any atom is 0.407 e. The molecule has 4 rings (SSSR count). The fourth-order valence-corrected chi connectivity index (χ4v) is 4.21. The average Bonchev–Trinajstić information content (AvgIpc) is 3.37. The van der Waals surface area contributed by atoms with Gasteiger partial charge in [-0.3, -0.25) is 9.48 Å². The van der Waals surface area contributed by atoms with Gasteiger partial charge < -0.3 is 20.5 Å². The molecule has 9 nitrogen and oxygen atoms in total. The molecular formula is C25H26N4O5. The van der Waals surface area contributed by atoms with Gasteiger partial charge in [0.05, 0.1) is 18.4 Å². The third-order valence-corrected chi connectivity index (χ3v) is 5.94. The summed E-state index contributed by atoms with van der Waals surface area (Å²) in [4.78, 5) is 35.5. The molecule has 0 saturated heterocycles. The number of aromatic carboxylic acids is 1. The van der Waals surface area contributed by atoms with Crippen LogP contribution in [0.5, 0.6) is 0 Å². The molecule has 0 saturated carbocycles. The number of aromatic nitrogens is 2. The van der Waals surface area contributed by atoms with Crippen LogP contribution in [0, 0.1) is 0 Å². The molecule has 1 heterocycles. The Bertz CT molecular complexity index is 1170. The Morgan fingerprint density at radius 2 is 1.68 bits per heavy atom. The molecule has 176 valence electrons. The molecule has 34 heavy (non-hydrogen) atoms. The van der Waals surface area contributed by atoms with E-state index in [4.69, 9.17) is 9.84 Å². The van der Waals surface area contributed by atoms with E-state index in [1.165, 1.54) is 22.0 Å². The van der Waals surface area contributed by atoms with Gasteiger partial charge in [-0.1, -0.05) is 48.5 Å². The number of hydrogen-bond donors (Lipinski definition) is 3. The molecule has 3 N–H and O–H groups in total. The SMILES string of the molecule is Cn1ncc(C(=O)O)c1CNC(=O)CCCNC(=O)OCC1c2ccccc2-c2ccccc21. The van der Waals surface area contributed by atoms with Gasteiger partial charge in [0.2, 0.25) is 5.91 Å². The Morgan fingerprint density at radius 1 is 1.03 bits per heavy atom. The predicted molar refractivity (Wildman–Crippen MR) is 124 cm³/mol. The summed E-state index contributed by atoms with van der Waals surface area (Å²) >= 11 is 0. The number of aryl methyl sites for hydroxylation is 1. The van der Waals surface area contributed by atoms with Crippen LogP contribution in [0.2, 0.25) is 0 Å². The average molecular weight is 463 g/mol. The monoisotopic (exact) mass is 462 g/mol. The lowest BCUT2D eigenvalue weighted by Gasteiger charge is -2.14. The standard InChI is InChI=1S/C25H26N4O5/c1-29-22(20(13-28-29)24(31)32)14-27-23(30)11-6-12-26-25(33)34-15-21-18-9-4-2-7-16(18)17-8-3-5-10-19(17)21/h2-5,7-10,13,21H,6,11-12,14-15H2,1H3,(H,26,33)(H,27,30)(H,31,32). The zero-order valence-electron chi connectivity index (χ0n) is 18.8. The summed E-state index contributed by atoms with van der Waals surface area (Å²) in [6.45, 7) is 0.587. The number of rotatable bonds is 9. The van der Waals surface area contributed by atoms with Gasteiger partial charge >= 0.3 is 12.1 Å². The van der Waals surface area contributed by atoms with Crippen molar-refractivity contribution in [2.45, 2.75) is 25.3 Å². The van der Waals surface area contributed by atoms with Crippen LogP contribution in [0.15, 0.2) is 54.7 Å². The van der Waals surface area contributed by atoms with E-state index in [1.807, 2.05) is 24.3 Å². The van der Waals surface area contributed by atoms with Gasteiger partial charge in [-0.2, -0.15) is 5.10 Å². The van der Waals surface area contributed by atoms with Crippen molar-refractivity contribution in [3.8, 4) is 11.1 Å². The van der Waals surface area contributed by atoms with Gasteiger partial charge in [0.15, 0.2) is 0 Å². The second kappa shape index (κ2) is 10.2. The first-order valence-electron chi connectivity index (χ1n) is 11.1. The van der Waals surface area contributed by atoms with Crippen molar-refractivity contribution in [1.29, 1.82) is 0 Å². The third kappa shape index (κ3) is 4.93. The van der Waals surface area contributed by atoms with Gasteiger partial charge in [-0.25, -0.2) is 9.59 Å². The maximum atomic E-state index is 12.2. The lowest BCUT2D eigenvalue weighted by molar-refractivity contribution is -0.121. The van der Waals surface area contributed by atoms with Crippen LogP contribution in [-0.4, -0.2) is 46.0 Å². The van der Waals surface area contributed by atoms with E-state index in [1.54, 1.807) is 7.05 Å². The smallest absolute Gasteiger partial charge is 0.407 e. The summed E-state index contributed by atoms with van der Waals surface area (Å²) in [6, 6.07) is 16.3. The van der Waals surface area contributed by atoms with E-state index in [2.05, 4.69) is 40.0 Å². The number of carboxylic acid groups (broad SMARTS) is 1. The van der Waals surface area contributed by atoms with E-state index >= 15 is 0 Å². The summed E-state index contributed by atoms with van der Waals surface area (Å²) in [5, 5.41) is 18.4. The van der Waals surface area contributed by atoms with Crippen LogP contribution in [0.1, 0.15) is 45.9 Å². The Kier molecular flexibility index (Phi) is 6.91. The zero-order valence-corrected chi connectivity index (χ0v) is 18.8. The minimum atomic E-state index is -1.09. The quantitative estimate of drug-likeness (QED) is 0.420. The number of fused-ring (bicyclic) bond motifs is 3. The molecule has 9 heteroatoms. The Labute approximate surface area is 196 Å². The fraction of sp³-hybridized carbons (Fsp3) is 0.280. The highest BCUT2D eigenvalue weighted by atomic mass is 16.5. The lowest BCUT2D eigenvalue weighted by atomic mass is 9.98. The molecule has 3 aromatic rings. The number of carboxylic acids is 1. The van der Waals surface area contributed by atoms with Crippen LogP contribution in [0.3, 0.4) is 0 Å². The van der Waals surface area contributed by atoms with Crippen LogP contribution < -0.4 is 10.6 Å². The fourth-order valence-electron chi connectivity index (χ4n) is 4.21. The Balaban J connectivity index is 1.19. The molecule has 1 aliphatic rings. The molecule has 0 spiro atoms. The van der Waals surface area contributed by atoms with E-state index in [-0.39, 0.29) is 43.5 Å². The van der Waals surface area contributed by atoms with Crippen molar-refractivity contribution in [3.05, 3.63) is 77.1 Å². The van der Waals surface area contributed by atoms with E-state index in [9.17, 15) is 14.4 Å². The topological polar surface area (TPSA) is 123 Å². The van der Waals surface area contributed by atoms with Crippen molar-refractivity contribution in [3.63, 3.8) is 0 Å². The van der Waals surface area contributed by atoms with Gasteiger partial charge in [0.25, 0.3) is 0 Å². The van der Waals surface area contributed by atoms with Gasteiger partial charge in [-0.05, 0) is 28.7 Å². The minimum absolute atomic E-state index is 0.00776. The van der Waals surface area contributed by atoms with Crippen LogP contribution in [0.25, 0.3) is 11.1 Å². The molecule has 1 aliphatic carbocycles. The van der Waals surface area contributed by atoms with E-state index < -0.39 is 12.1 Å². The number of nitrogens with zero attached hydrogens (tertiary/aromatic N) is 2. The Hall–Kier alpha value is -4.14. The minimum Gasteiger partial charge on any atom is -0.478 e. The van der Waals surface area contributed by atoms with Gasteiger partial charge in [0.1, 0.15) is 12.2 Å². The van der Waals surface area contributed by atoms with Crippen molar-refractivity contribution in [1.82, 2.24) is 20.4 Å². The number of nitrogens with one attached hydrogen (secondary N) is 2. The number of ether oxygens (including phenoxy) is 1. The van der Waals surface area contributed by atoms with Crippen LogP contribution in [-0.2, 0) is 23.1 Å². The van der Waals surface area contributed by atoms with Crippen molar-refractivity contribution >= 4 is 18.0 Å². The maximum absolute atomic E-state index is 12.2. The molecule has 0 fully saturated rings. The normalized spacial score (nSPS) is 12.0. The highest BCUT2D eigenvalue weighted by Gasteiger charge is 2.28. The van der Waals surface area contributed by atoms with Crippen LogP contribution >= 0.6 is 0 Å². The number of carbonyl (C=O) groups is 3. The summed E-state index contributed by atoms with van der Waals surface area (Å²) < 4.78 is 6.90. The lowest BCUT2D eigenvalue weighted by Crippen LogP contribution is -2.29. The summed E-state index contributed by atoms with van der Waals surface area (Å²) in [5.41, 5.74) is 5.09. The second-order valence-corrected chi connectivity index (χ2v) is 8.07. The Morgan fingerprint density at radius 3 is 2.32 bits per heavy atom. The second-order valence-electron chi connectivity index (χ2n) is 8.07. The highest BCUT2D eigenvalue weighted by molar-refractivity contribution is 5.88. The zero-order chi connectivity index (χ0) is 24.1. The summed E-state index contributed by atoms with van der Waals surface area (Å²) in [6.07, 6.45) is 1.34. The molecule has 2 aromatic carbocycles. The number of benzene rings is 2. The number of carbonyl (C=O) groups excluding carboxylic acids is 2.